The minimum atomic E-state index is 0.0721. The van der Waals surface area contributed by atoms with Crippen molar-refractivity contribution in [1.82, 2.24) is 0 Å². The molecule has 0 aromatic carbocycles. The molecule has 0 heterocycles. The quantitative estimate of drug-likeness (QED) is 0.499. The average Bonchev–Trinajstić information content (AvgIpc) is 2.76. The summed E-state index contributed by atoms with van der Waals surface area (Å²) in [6.45, 7) is 3.70. The lowest BCUT2D eigenvalue weighted by Gasteiger charge is -2.33. The van der Waals surface area contributed by atoms with Crippen molar-refractivity contribution in [2.45, 2.75) is 45.1 Å². The number of hydrogen-bond donors (Lipinski definition) is 0. The number of ether oxygens (including phenoxy) is 2. The first-order valence-electron chi connectivity index (χ1n) is 5.41. The van der Waals surface area contributed by atoms with E-state index in [1.807, 2.05) is 0 Å². The second-order valence-corrected chi connectivity index (χ2v) is 4.56. The smallest absolute Gasteiger partial charge is 0.419 e. The predicted molar refractivity (Wildman–Crippen MR) is 51.2 cm³/mol. The molecule has 3 heteroatoms. The highest BCUT2D eigenvalue weighted by Crippen LogP contribution is 2.57. The van der Waals surface area contributed by atoms with Gasteiger partial charge in [0.15, 0.2) is 6.79 Å². The van der Waals surface area contributed by atoms with Crippen LogP contribution in [0.25, 0.3) is 0 Å². The van der Waals surface area contributed by atoms with Gasteiger partial charge in [0.2, 0.25) is 0 Å². The number of rotatable bonds is 5. The minimum absolute atomic E-state index is 0.0721. The van der Waals surface area contributed by atoms with Crippen LogP contribution in [0, 0.1) is 11.3 Å². The maximum Gasteiger partial charge on any atom is 0.419 e. The lowest BCUT2D eigenvalue weighted by molar-refractivity contribution is -0.0942. The van der Waals surface area contributed by atoms with Crippen LogP contribution in [0.1, 0.15) is 39.0 Å². The van der Waals surface area contributed by atoms with Crippen LogP contribution in [-0.2, 0) is 14.3 Å². The highest BCUT2D eigenvalue weighted by atomic mass is 16.7. The second kappa shape index (κ2) is 3.89. The van der Waals surface area contributed by atoms with Gasteiger partial charge in [0.25, 0.3) is 0 Å². The third-order valence-corrected chi connectivity index (χ3v) is 4.07. The summed E-state index contributed by atoms with van der Waals surface area (Å²) in [5.41, 5.74) is 0.386. The highest BCUT2D eigenvalue weighted by molar-refractivity contribution is 5.37. The van der Waals surface area contributed by atoms with E-state index in [1.54, 1.807) is 0 Å². The molecule has 2 bridgehead atoms. The molecule has 3 atom stereocenters. The third-order valence-electron chi connectivity index (χ3n) is 4.07. The molecule has 2 rings (SSSR count). The van der Waals surface area contributed by atoms with E-state index in [2.05, 4.69) is 11.7 Å². The van der Waals surface area contributed by atoms with Gasteiger partial charge < -0.3 is 9.47 Å². The van der Waals surface area contributed by atoms with Gasteiger partial charge in [-0.05, 0) is 43.4 Å². The van der Waals surface area contributed by atoms with Crippen LogP contribution >= 0.6 is 0 Å². The average molecular weight is 197 g/mol. The topological polar surface area (TPSA) is 35.5 Å². The number of hydrogen-bond acceptors (Lipinski definition) is 3. The zero-order valence-corrected chi connectivity index (χ0v) is 8.62. The predicted octanol–water partition coefficient (Wildman–Crippen LogP) is 2.01. The molecule has 3 unspecified atom stereocenters. The lowest BCUT2D eigenvalue weighted by atomic mass is 9.79. The first-order chi connectivity index (χ1) is 6.80. The monoisotopic (exact) mass is 197 g/mol. The molecule has 14 heavy (non-hydrogen) atoms. The minimum Gasteiger partial charge on any atom is -0.430 e. The molecule has 0 aromatic rings. The van der Waals surface area contributed by atoms with Crippen molar-refractivity contribution in [2.75, 3.05) is 6.79 Å². The Labute approximate surface area is 84.8 Å². The Morgan fingerprint density at radius 3 is 3.07 bits per heavy atom. The molecule has 0 amide bonds. The molecular weight excluding hydrogens is 180 g/mol. The largest absolute Gasteiger partial charge is 0.430 e. The van der Waals surface area contributed by atoms with Crippen LogP contribution < -0.4 is 0 Å². The van der Waals surface area contributed by atoms with Crippen LogP contribution in [0.3, 0.4) is 0 Å². The van der Waals surface area contributed by atoms with Gasteiger partial charge in [0, 0.05) is 0 Å². The maximum atomic E-state index is 9.86. The Bertz CT molecular complexity index is 217. The molecule has 2 saturated carbocycles. The summed E-state index contributed by atoms with van der Waals surface area (Å²) in [4.78, 5) is 9.86. The fraction of sp³-hybridized carbons (Fsp3) is 0.909. The van der Waals surface area contributed by atoms with Crippen LogP contribution in [0.4, 0.5) is 0 Å². The summed E-state index contributed by atoms with van der Waals surface area (Å²) in [6.07, 6.45) is 6.58. The van der Waals surface area contributed by atoms with Gasteiger partial charge in [-0.25, -0.2) is 4.79 Å². The Hall–Kier alpha value is -0.570. The molecule has 0 aliphatic heterocycles. The van der Waals surface area contributed by atoms with Gasteiger partial charge in [0.05, 0.1) is 6.10 Å². The van der Waals surface area contributed by atoms with Crippen molar-refractivity contribution < 1.29 is 14.3 Å². The number of fused-ring (bicyclic) bond motifs is 2. The first kappa shape index (κ1) is 9.97. The standard InChI is InChI=1S/C11H17O3/c1-2-11-4-3-9(6-11)5-10(11)14-8-13-7-12/h9-10H,2-6,8H2,1H3. The van der Waals surface area contributed by atoms with Crippen molar-refractivity contribution in [3.05, 3.63) is 0 Å². The summed E-state index contributed by atoms with van der Waals surface area (Å²) >= 11 is 0. The van der Waals surface area contributed by atoms with E-state index in [0.29, 0.717) is 11.5 Å². The Morgan fingerprint density at radius 1 is 1.57 bits per heavy atom. The summed E-state index contributed by atoms with van der Waals surface area (Å²) in [5, 5.41) is 0. The molecule has 0 spiro atoms. The van der Waals surface area contributed by atoms with Crippen molar-refractivity contribution >= 4 is 6.47 Å². The molecule has 3 nitrogen and oxygen atoms in total. The van der Waals surface area contributed by atoms with Crippen molar-refractivity contribution in [3.8, 4) is 0 Å². The van der Waals surface area contributed by atoms with E-state index in [1.165, 1.54) is 32.2 Å². The van der Waals surface area contributed by atoms with E-state index in [0.717, 1.165) is 12.3 Å². The van der Waals surface area contributed by atoms with Gasteiger partial charge in [-0.15, -0.1) is 0 Å². The summed E-state index contributed by atoms with van der Waals surface area (Å²) in [7, 11) is 0. The van der Waals surface area contributed by atoms with Gasteiger partial charge in [-0.1, -0.05) is 6.92 Å². The maximum absolute atomic E-state index is 9.86. The first-order valence-corrected chi connectivity index (χ1v) is 5.41. The molecule has 0 N–H and O–H groups in total. The Kier molecular flexibility index (Phi) is 2.77. The van der Waals surface area contributed by atoms with Crippen molar-refractivity contribution in [1.29, 1.82) is 0 Å². The normalized spacial score (nSPS) is 40.1. The van der Waals surface area contributed by atoms with Crippen molar-refractivity contribution in [2.24, 2.45) is 11.3 Å². The summed E-state index contributed by atoms with van der Waals surface area (Å²) < 4.78 is 10.1. The molecule has 2 aliphatic rings. The third kappa shape index (κ3) is 1.54. The lowest BCUT2D eigenvalue weighted by Crippen LogP contribution is -2.32. The molecule has 0 aromatic heterocycles. The molecule has 79 valence electrons. The van der Waals surface area contributed by atoms with Gasteiger partial charge >= 0.3 is 6.47 Å². The molecule has 1 radical (unpaired) electrons. The summed E-state index contributed by atoms with van der Waals surface area (Å²) in [6, 6.07) is 0. The van der Waals surface area contributed by atoms with Crippen LogP contribution in [0.5, 0.6) is 0 Å². The second-order valence-electron chi connectivity index (χ2n) is 4.56. The zero-order valence-electron chi connectivity index (χ0n) is 8.62. The molecule has 0 saturated heterocycles. The Morgan fingerprint density at radius 2 is 2.43 bits per heavy atom. The zero-order chi connectivity index (χ0) is 10.0. The Balaban J connectivity index is 1.89. The van der Waals surface area contributed by atoms with E-state index in [-0.39, 0.29) is 6.79 Å². The van der Waals surface area contributed by atoms with Crippen LogP contribution in [-0.4, -0.2) is 19.4 Å². The molecule has 2 aliphatic carbocycles. The van der Waals surface area contributed by atoms with Gasteiger partial charge in [0.1, 0.15) is 0 Å². The van der Waals surface area contributed by atoms with E-state index >= 15 is 0 Å². The molecular formula is C11H17O3. The van der Waals surface area contributed by atoms with Crippen LogP contribution in [0.15, 0.2) is 0 Å². The molecule has 2 fully saturated rings. The fourth-order valence-corrected chi connectivity index (χ4v) is 3.25. The van der Waals surface area contributed by atoms with E-state index < -0.39 is 0 Å². The van der Waals surface area contributed by atoms with Gasteiger partial charge in [-0.2, -0.15) is 0 Å². The fourth-order valence-electron chi connectivity index (χ4n) is 3.25. The van der Waals surface area contributed by atoms with E-state index in [4.69, 9.17) is 4.74 Å². The highest BCUT2D eigenvalue weighted by Gasteiger charge is 2.51. The summed E-state index contributed by atoms with van der Waals surface area (Å²) in [5.74, 6) is 0.847. The van der Waals surface area contributed by atoms with Crippen molar-refractivity contribution in [3.63, 3.8) is 0 Å². The SMILES string of the molecule is CCC12CCC(CC1OCO[C]=O)C2. The van der Waals surface area contributed by atoms with E-state index in [9.17, 15) is 4.79 Å². The van der Waals surface area contributed by atoms with Gasteiger partial charge in [-0.3, -0.25) is 0 Å². The number of carbonyl (C=O) groups excluding carboxylic acids is 1. The van der Waals surface area contributed by atoms with Crippen LogP contribution in [0.2, 0.25) is 0 Å².